The summed E-state index contributed by atoms with van der Waals surface area (Å²) in [6, 6.07) is 11.7. The Labute approximate surface area is 192 Å². The summed E-state index contributed by atoms with van der Waals surface area (Å²) in [5, 5.41) is 17.7. The van der Waals surface area contributed by atoms with E-state index in [-0.39, 0.29) is 22.2 Å². The molecule has 0 aliphatic heterocycles. The molecule has 11 heteroatoms. The van der Waals surface area contributed by atoms with E-state index in [1.165, 1.54) is 22.8 Å². The second kappa shape index (κ2) is 9.92. The molecule has 2 aromatic carbocycles. The van der Waals surface area contributed by atoms with Crippen LogP contribution in [0.25, 0.3) is 0 Å². The van der Waals surface area contributed by atoms with E-state index in [1.54, 1.807) is 26.0 Å². The van der Waals surface area contributed by atoms with Gasteiger partial charge in [0, 0.05) is 24.5 Å². The van der Waals surface area contributed by atoms with Crippen LogP contribution in [0.2, 0.25) is 0 Å². The van der Waals surface area contributed by atoms with Crippen LogP contribution in [0.5, 0.6) is 0 Å². The molecule has 0 unspecified atom stereocenters. The van der Waals surface area contributed by atoms with E-state index >= 15 is 0 Å². The number of hydrogen-bond donors (Lipinski definition) is 2. The number of hydrogen-bond acceptors (Lipinski definition) is 8. The summed E-state index contributed by atoms with van der Waals surface area (Å²) < 4.78 is 26.7. The number of benzene rings is 2. The Bertz CT molecular complexity index is 1240. The van der Waals surface area contributed by atoms with Crippen LogP contribution in [0.3, 0.4) is 0 Å². The van der Waals surface area contributed by atoms with Gasteiger partial charge in [-0.1, -0.05) is 19.9 Å². The number of rotatable bonds is 9. The minimum absolute atomic E-state index is 0.0128. The Morgan fingerprint density at radius 3 is 1.91 bits per heavy atom. The van der Waals surface area contributed by atoms with Gasteiger partial charge in [-0.25, -0.2) is 18.4 Å². The molecule has 0 saturated heterocycles. The third-order valence-electron chi connectivity index (χ3n) is 4.95. The summed E-state index contributed by atoms with van der Waals surface area (Å²) in [6.45, 7) is 8.14. The monoisotopic (exact) mass is 470 g/mol. The highest BCUT2D eigenvalue weighted by Crippen LogP contribution is 2.33. The smallest absolute Gasteiger partial charge is 0.334 e. The van der Waals surface area contributed by atoms with E-state index < -0.39 is 14.9 Å². The lowest BCUT2D eigenvalue weighted by atomic mass is 10.1. The molecule has 2 N–H and O–H groups in total. The van der Waals surface area contributed by atoms with Gasteiger partial charge < -0.3 is 10.6 Å². The van der Waals surface area contributed by atoms with Crippen molar-refractivity contribution >= 4 is 38.7 Å². The molecule has 3 rings (SSSR count). The first-order valence-electron chi connectivity index (χ1n) is 10.4. The van der Waals surface area contributed by atoms with Gasteiger partial charge in [-0.2, -0.15) is 4.31 Å². The van der Waals surface area contributed by atoms with Gasteiger partial charge in [0.1, 0.15) is 6.33 Å². The molecule has 0 radical (unpaired) electrons. The van der Waals surface area contributed by atoms with Gasteiger partial charge in [-0.3, -0.25) is 10.1 Å². The highest BCUT2D eigenvalue weighted by Gasteiger charge is 2.24. The first kappa shape index (κ1) is 24.1. The van der Waals surface area contributed by atoms with Crippen LogP contribution in [-0.2, 0) is 10.0 Å². The molecule has 0 bridgehead atoms. The zero-order valence-corrected chi connectivity index (χ0v) is 19.7. The van der Waals surface area contributed by atoms with Crippen molar-refractivity contribution in [2.24, 2.45) is 0 Å². The van der Waals surface area contributed by atoms with Crippen LogP contribution >= 0.6 is 0 Å². The van der Waals surface area contributed by atoms with Crippen LogP contribution in [0.15, 0.2) is 53.7 Å². The largest absolute Gasteiger partial charge is 0.353 e. The number of nitrogens with zero attached hydrogens (tertiary/aromatic N) is 4. The molecule has 0 saturated carbocycles. The summed E-state index contributed by atoms with van der Waals surface area (Å²) in [5.74, 6) is 0.0319. The molecule has 1 heterocycles. The molecule has 0 fully saturated rings. The van der Waals surface area contributed by atoms with Crippen molar-refractivity contribution in [1.29, 1.82) is 0 Å². The van der Waals surface area contributed by atoms with Crippen LogP contribution in [-0.4, -0.2) is 40.7 Å². The fourth-order valence-corrected chi connectivity index (χ4v) is 4.94. The van der Waals surface area contributed by atoms with Crippen molar-refractivity contribution in [2.75, 3.05) is 23.7 Å². The third-order valence-corrected chi connectivity index (χ3v) is 7.01. The third kappa shape index (κ3) is 5.44. The maximum atomic E-state index is 12.7. The second-order valence-corrected chi connectivity index (χ2v) is 9.35. The first-order valence-corrected chi connectivity index (χ1v) is 11.8. The van der Waals surface area contributed by atoms with E-state index in [9.17, 15) is 18.5 Å². The number of sulfonamides is 1. The van der Waals surface area contributed by atoms with E-state index in [0.717, 1.165) is 11.1 Å². The lowest BCUT2D eigenvalue weighted by Gasteiger charge is -2.18. The number of nitro groups is 1. The van der Waals surface area contributed by atoms with Crippen molar-refractivity contribution in [3.05, 3.63) is 70.0 Å². The zero-order valence-electron chi connectivity index (χ0n) is 18.9. The summed E-state index contributed by atoms with van der Waals surface area (Å²) in [4.78, 5) is 19.5. The topological polar surface area (TPSA) is 130 Å². The predicted molar refractivity (Wildman–Crippen MR) is 128 cm³/mol. The molecule has 33 heavy (non-hydrogen) atoms. The molecule has 3 aromatic rings. The standard InChI is InChI=1S/C22H26N6O4S/c1-5-27(6-2)33(31,32)19-9-7-17(8-10-19)25-21-20(28(29)30)22(24-14-23-21)26-18-12-15(3)11-16(4)13-18/h7-14H,5-6H2,1-4H3,(H2,23,24,25,26). The van der Waals surface area contributed by atoms with Crippen LogP contribution in [0, 0.1) is 24.0 Å². The van der Waals surface area contributed by atoms with Gasteiger partial charge in [0.2, 0.25) is 21.7 Å². The predicted octanol–water partition coefficient (Wildman–Crippen LogP) is 4.52. The SMILES string of the molecule is CCN(CC)S(=O)(=O)c1ccc(Nc2ncnc(Nc3cc(C)cc(C)c3)c2[N+](=O)[O-])cc1. The van der Waals surface area contributed by atoms with E-state index in [1.807, 2.05) is 32.0 Å². The van der Waals surface area contributed by atoms with Crippen molar-refractivity contribution < 1.29 is 13.3 Å². The molecular formula is C22H26N6O4S. The molecule has 0 amide bonds. The average Bonchev–Trinajstić information content (AvgIpc) is 2.74. The zero-order chi connectivity index (χ0) is 24.2. The Hall–Kier alpha value is -3.57. The summed E-state index contributed by atoms with van der Waals surface area (Å²) in [6.07, 6.45) is 1.22. The van der Waals surface area contributed by atoms with E-state index in [4.69, 9.17) is 0 Å². The summed E-state index contributed by atoms with van der Waals surface area (Å²) >= 11 is 0. The summed E-state index contributed by atoms with van der Waals surface area (Å²) in [5.41, 5.74) is 2.81. The minimum atomic E-state index is -3.60. The normalized spacial score (nSPS) is 11.4. The fraction of sp³-hybridized carbons (Fsp3) is 0.273. The molecule has 174 valence electrons. The number of aryl methyl sites for hydroxylation is 2. The molecule has 0 atom stereocenters. The van der Waals surface area contributed by atoms with Crippen LogP contribution in [0.4, 0.5) is 28.7 Å². The Morgan fingerprint density at radius 1 is 0.909 bits per heavy atom. The maximum absolute atomic E-state index is 12.7. The minimum Gasteiger partial charge on any atom is -0.334 e. The van der Waals surface area contributed by atoms with Crippen LogP contribution < -0.4 is 10.6 Å². The Kier molecular flexibility index (Phi) is 7.24. The molecule has 10 nitrogen and oxygen atoms in total. The maximum Gasteiger partial charge on any atom is 0.353 e. The van der Waals surface area contributed by atoms with E-state index in [0.29, 0.717) is 24.5 Å². The van der Waals surface area contributed by atoms with Gasteiger partial charge in [0.25, 0.3) is 0 Å². The van der Waals surface area contributed by atoms with Gasteiger partial charge in [-0.05, 0) is 61.4 Å². The number of aromatic nitrogens is 2. The van der Waals surface area contributed by atoms with Crippen molar-refractivity contribution in [3.8, 4) is 0 Å². The highest BCUT2D eigenvalue weighted by molar-refractivity contribution is 7.89. The second-order valence-electron chi connectivity index (χ2n) is 7.42. The van der Waals surface area contributed by atoms with Gasteiger partial charge in [0.15, 0.2) is 0 Å². The average molecular weight is 471 g/mol. The lowest BCUT2D eigenvalue weighted by molar-refractivity contribution is -0.383. The molecular weight excluding hydrogens is 444 g/mol. The van der Waals surface area contributed by atoms with E-state index in [2.05, 4.69) is 20.6 Å². The fourth-order valence-electron chi connectivity index (χ4n) is 3.48. The van der Waals surface area contributed by atoms with Crippen molar-refractivity contribution in [3.63, 3.8) is 0 Å². The van der Waals surface area contributed by atoms with Crippen molar-refractivity contribution in [2.45, 2.75) is 32.6 Å². The Balaban J connectivity index is 1.91. The molecule has 0 aliphatic carbocycles. The number of anilines is 4. The van der Waals surface area contributed by atoms with Gasteiger partial charge in [0.05, 0.1) is 9.82 Å². The molecule has 0 spiro atoms. The molecule has 1 aromatic heterocycles. The molecule has 0 aliphatic rings. The first-order chi connectivity index (χ1) is 15.6. The lowest BCUT2D eigenvalue weighted by Crippen LogP contribution is -2.30. The van der Waals surface area contributed by atoms with Crippen molar-refractivity contribution in [1.82, 2.24) is 14.3 Å². The highest BCUT2D eigenvalue weighted by atomic mass is 32.2. The van der Waals surface area contributed by atoms with Gasteiger partial charge >= 0.3 is 5.69 Å². The Morgan fingerprint density at radius 2 is 1.42 bits per heavy atom. The van der Waals surface area contributed by atoms with Gasteiger partial charge in [-0.15, -0.1) is 0 Å². The number of nitrogens with one attached hydrogen (secondary N) is 2. The van der Waals surface area contributed by atoms with Crippen LogP contribution in [0.1, 0.15) is 25.0 Å². The quantitative estimate of drug-likeness (QED) is 0.345. The summed E-state index contributed by atoms with van der Waals surface area (Å²) in [7, 11) is -3.60.